The predicted molar refractivity (Wildman–Crippen MR) is 92.8 cm³/mol. The fourth-order valence-corrected chi connectivity index (χ4v) is 2.93. The van der Waals surface area contributed by atoms with Crippen LogP contribution in [-0.4, -0.2) is 16.5 Å². The number of nitrogens with one attached hydrogen (secondary N) is 1. The number of hydrogen-bond donors (Lipinski definition) is 1. The Balaban J connectivity index is 2.51. The molecule has 0 saturated carbocycles. The van der Waals surface area contributed by atoms with Gasteiger partial charge in [-0.2, -0.15) is 0 Å². The van der Waals surface area contributed by atoms with Crippen molar-refractivity contribution in [3.8, 4) is 11.4 Å². The Morgan fingerprint density at radius 3 is 2.29 bits per heavy atom. The van der Waals surface area contributed by atoms with Crippen LogP contribution in [0.2, 0.25) is 0 Å². The molecule has 1 aromatic heterocycles. The zero-order chi connectivity index (χ0) is 15.4. The second-order valence-corrected chi connectivity index (χ2v) is 6.12. The van der Waals surface area contributed by atoms with E-state index in [-0.39, 0.29) is 0 Å². The summed E-state index contributed by atoms with van der Waals surface area (Å²) >= 11 is 3.62. The van der Waals surface area contributed by atoms with Gasteiger partial charge in [-0.25, -0.2) is 9.97 Å². The minimum atomic E-state index is 0.341. The summed E-state index contributed by atoms with van der Waals surface area (Å²) in [5.74, 6) is 1.99. The van der Waals surface area contributed by atoms with Crippen molar-refractivity contribution in [1.82, 2.24) is 9.97 Å². The normalized spacial score (nSPS) is 11.0. The summed E-state index contributed by atoms with van der Waals surface area (Å²) in [5, 5.41) is 3.31. The highest BCUT2D eigenvalue weighted by Gasteiger charge is 2.15. The maximum Gasteiger partial charge on any atom is 0.161 e. The maximum atomic E-state index is 4.74. The van der Waals surface area contributed by atoms with Crippen LogP contribution in [0.1, 0.15) is 44.9 Å². The van der Waals surface area contributed by atoms with Gasteiger partial charge in [0.2, 0.25) is 0 Å². The molecule has 0 amide bonds. The van der Waals surface area contributed by atoms with Crippen molar-refractivity contribution in [3.63, 3.8) is 0 Å². The molecule has 0 fully saturated rings. The molecule has 0 aliphatic carbocycles. The molecule has 0 aliphatic rings. The number of aryl methyl sites for hydroxylation is 1. The molecule has 0 bridgehead atoms. The molecule has 112 valence electrons. The molecule has 0 aliphatic heterocycles. The van der Waals surface area contributed by atoms with E-state index in [4.69, 9.17) is 4.98 Å². The molecule has 2 aromatic rings. The fourth-order valence-electron chi connectivity index (χ4n) is 2.15. The average molecular weight is 348 g/mol. The van der Waals surface area contributed by atoms with Gasteiger partial charge in [-0.1, -0.05) is 45.0 Å². The van der Waals surface area contributed by atoms with Crippen LogP contribution in [0.3, 0.4) is 0 Å². The molecule has 0 saturated heterocycles. The van der Waals surface area contributed by atoms with E-state index in [1.165, 1.54) is 5.56 Å². The molecule has 0 atom stereocenters. The minimum absolute atomic E-state index is 0.341. The Kier molecular flexibility index (Phi) is 5.34. The third-order valence-corrected chi connectivity index (χ3v) is 4.17. The van der Waals surface area contributed by atoms with Gasteiger partial charge in [-0.3, -0.25) is 0 Å². The Morgan fingerprint density at radius 2 is 1.76 bits per heavy atom. The topological polar surface area (TPSA) is 37.8 Å². The fraction of sp³-hybridized carbons (Fsp3) is 0.412. The monoisotopic (exact) mass is 347 g/mol. The van der Waals surface area contributed by atoms with E-state index in [9.17, 15) is 0 Å². The van der Waals surface area contributed by atoms with Gasteiger partial charge in [-0.05, 0) is 40.8 Å². The van der Waals surface area contributed by atoms with Crippen LogP contribution in [0.25, 0.3) is 11.4 Å². The molecule has 1 heterocycles. The van der Waals surface area contributed by atoms with E-state index in [0.717, 1.165) is 40.3 Å². The average Bonchev–Trinajstić information content (AvgIpc) is 2.49. The summed E-state index contributed by atoms with van der Waals surface area (Å²) in [6.45, 7) is 9.35. The highest BCUT2D eigenvalue weighted by molar-refractivity contribution is 9.10. The Labute approximate surface area is 135 Å². The van der Waals surface area contributed by atoms with Gasteiger partial charge in [0.1, 0.15) is 5.82 Å². The van der Waals surface area contributed by atoms with Crippen molar-refractivity contribution >= 4 is 21.7 Å². The highest BCUT2D eigenvalue weighted by Crippen LogP contribution is 2.31. The number of hydrogen-bond acceptors (Lipinski definition) is 3. The van der Waals surface area contributed by atoms with E-state index >= 15 is 0 Å². The minimum Gasteiger partial charge on any atom is -0.369 e. The molecule has 1 N–H and O–H groups in total. The van der Waals surface area contributed by atoms with Crippen LogP contribution in [0, 0.1) is 0 Å². The second kappa shape index (κ2) is 7.03. The Hall–Kier alpha value is -1.42. The number of rotatable bonds is 5. The first-order valence-corrected chi connectivity index (χ1v) is 8.26. The van der Waals surface area contributed by atoms with Crippen molar-refractivity contribution < 1.29 is 0 Å². The highest BCUT2D eigenvalue weighted by atomic mass is 79.9. The van der Waals surface area contributed by atoms with Crippen LogP contribution < -0.4 is 5.32 Å². The summed E-state index contributed by atoms with van der Waals surface area (Å²) < 4.78 is 0.966. The lowest BCUT2D eigenvalue weighted by Crippen LogP contribution is -2.07. The largest absolute Gasteiger partial charge is 0.369 e. The molecule has 1 aromatic carbocycles. The Morgan fingerprint density at radius 1 is 1.10 bits per heavy atom. The third kappa shape index (κ3) is 3.62. The van der Waals surface area contributed by atoms with Gasteiger partial charge in [0.15, 0.2) is 5.82 Å². The van der Waals surface area contributed by atoms with E-state index in [1.807, 2.05) is 0 Å². The van der Waals surface area contributed by atoms with Crippen LogP contribution >= 0.6 is 15.9 Å². The lowest BCUT2D eigenvalue weighted by Gasteiger charge is -2.14. The third-order valence-electron chi connectivity index (χ3n) is 3.39. The van der Waals surface area contributed by atoms with Gasteiger partial charge < -0.3 is 5.32 Å². The quantitative estimate of drug-likeness (QED) is 0.824. The van der Waals surface area contributed by atoms with Gasteiger partial charge >= 0.3 is 0 Å². The Bertz CT molecular complexity index is 606. The van der Waals surface area contributed by atoms with Gasteiger partial charge in [0.05, 0.1) is 10.2 Å². The lowest BCUT2D eigenvalue weighted by atomic mass is 10.1. The summed E-state index contributed by atoms with van der Waals surface area (Å²) in [4.78, 5) is 9.40. The van der Waals surface area contributed by atoms with Crippen molar-refractivity contribution in [1.29, 1.82) is 0 Å². The van der Waals surface area contributed by atoms with Crippen molar-refractivity contribution in [2.45, 2.75) is 40.0 Å². The van der Waals surface area contributed by atoms with Crippen molar-refractivity contribution in [2.75, 3.05) is 11.9 Å². The molecule has 21 heavy (non-hydrogen) atoms. The standard InChI is InChI=1S/C17H22BrN3/c1-5-12-7-9-13(10-8-12)16-20-15(11(3)4)14(18)17(21-16)19-6-2/h7-11H,5-6H2,1-4H3,(H,19,20,21). The van der Waals surface area contributed by atoms with E-state index in [2.05, 4.69) is 78.2 Å². The summed E-state index contributed by atoms with van der Waals surface area (Å²) in [5.41, 5.74) is 3.42. The van der Waals surface area contributed by atoms with Crippen LogP contribution in [0.5, 0.6) is 0 Å². The molecule has 3 nitrogen and oxygen atoms in total. The summed E-state index contributed by atoms with van der Waals surface area (Å²) in [6, 6.07) is 8.48. The summed E-state index contributed by atoms with van der Waals surface area (Å²) in [6.07, 6.45) is 1.04. The smallest absolute Gasteiger partial charge is 0.161 e. The van der Waals surface area contributed by atoms with Crippen LogP contribution in [0.4, 0.5) is 5.82 Å². The number of aromatic nitrogens is 2. The number of benzene rings is 1. The van der Waals surface area contributed by atoms with E-state index in [1.54, 1.807) is 0 Å². The van der Waals surface area contributed by atoms with Crippen LogP contribution in [-0.2, 0) is 6.42 Å². The van der Waals surface area contributed by atoms with Gasteiger partial charge in [0.25, 0.3) is 0 Å². The molecular formula is C17H22BrN3. The van der Waals surface area contributed by atoms with Crippen LogP contribution in [0.15, 0.2) is 28.7 Å². The molecular weight excluding hydrogens is 326 g/mol. The number of halogens is 1. The van der Waals surface area contributed by atoms with E-state index in [0.29, 0.717) is 5.92 Å². The van der Waals surface area contributed by atoms with Crippen molar-refractivity contribution in [3.05, 3.63) is 40.0 Å². The molecule has 0 radical (unpaired) electrons. The second-order valence-electron chi connectivity index (χ2n) is 5.33. The molecule has 0 spiro atoms. The predicted octanol–water partition coefficient (Wildman–Crippen LogP) is 5.02. The first-order valence-electron chi connectivity index (χ1n) is 7.47. The number of anilines is 1. The molecule has 0 unspecified atom stereocenters. The zero-order valence-electron chi connectivity index (χ0n) is 13.1. The maximum absolute atomic E-state index is 4.74. The first kappa shape index (κ1) is 16.0. The zero-order valence-corrected chi connectivity index (χ0v) is 14.7. The van der Waals surface area contributed by atoms with Crippen molar-refractivity contribution in [2.24, 2.45) is 0 Å². The van der Waals surface area contributed by atoms with Gasteiger partial charge in [-0.15, -0.1) is 0 Å². The molecule has 2 rings (SSSR count). The summed E-state index contributed by atoms with van der Waals surface area (Å²) in [7, 11) is 0. The van der Waals surface area contributed by atoms with Gasteiger partial charge in [0, 0.05) is 12.1 Å². The molecule has 4 heteroatoms. The first-order chi connectivity index (χ1) is 10.1. The lowest BCUT2D eigenvalue weighted by molar-refractivity contribution is 0.809. The number of nitrogens with zero attached hydrogens (tertiary/aromatic N) is 2. The SMILES string of the molecule is CCNc1nc(-c2ccc(CC)cc2)nc(C(C)C)c1Br. The van der Waals surface area contributed by atoms with E-state index < -0.39 is 0 Å².